The zero-order chi connectivity index (χ0) is 17.4. The second kappa shape index (κ2) is 6.66. The molecule has 132 valence electrons. The lowest BCUT2D eigenvalue weighted by Gasteiger charge is -2.29. The van der Waals surface area contributed by atoms with E-state index >= 15 is 0 Å². The summed E-state index contributed by atoms with van der Waals surface area (Å²) in [5.41, 5.74) is -0.352. The van der Waals surface area contributed by atoms with E-state index in [1.54, 1.807) is 12.4 Å². The van der Waals surface area contributed by atoms with Crippen molar-refractivity contribution in [1.82, 2.24) is 15.6 Å². The van der Waals surface area contributed by atoms with E-state index < -0.39 is 0 Å². The topological polar surface area (TPSA) is 80.3 Å². The van der Waals surface area contributed by atoms with Gasteiger partial charge in [-0.15, -0.1) is 11.3 Å². The maximum atomic E-state index is 12.4. The molecule has 0 bridgehead atoms. The second-order valence-corrected chi connectivity index (χ2v) is 8.53. The van der Waals surface area contributed by atoms with Crippen LogP contribution < -0.4 is 10.6 Å². The van der Waals surface area contributed by atoms with Gasteiger partial charge in [0.2, 0.25) is 0 Å². The fourth-order valence-corrected chi connectivity index (χ4v) is 5.14. The van der Waals surface area contributed by atoms with Gasteiger partial charge in [-0.3, -0.25) is 14.6 Å². The Hall–Kier alpha value is -1.51. The largest absolute Gasteiger partial charge is 0.460 e. The van der Waals surface area contributed by atoms with Gasteiger partial charge in [0.1, 0.15) is 6.10 Å². The highest BCUT2D eigenvalue weighted by Crippen LogP contribution is 2.41. The number of nitrogens with zero attached hydrogens (tertiary/aromatic N) is 1. The van der Waals surface area contributed by atoms with Crippen molar-refractivity contribution >= 4 is 49.2 Å². The van der Waals surface area contributed by atoms with Gasteiger partial charge in [0, 0.05) is 24.2 Å². The Morgan fingerprint density at radius 2 is 2.24 bits per heavy atom. The SMILES string of the molecule is O=C(NCC1CC2(CCNCC2)C(=O)O1)c1cc2cncc(Br)c2s1. The highest BCUT2D eigenvalue weighted by molar-refractivity contribution is 9.10. The van der Waals surface area contributed by atoms with Crippen LogP contribution in [0, 0.1) is 5.41 Å². The van der Waals surface area contributed by atoms with E-state index in [9.17, 15) is 9.59 Å². The third-order valence-corrected chi connectivity index (χ3v) is 7.03. The zero-order valence-corrected chi connectivity index (χ0v) is 15.9. The maximum absolute atomic E-state index is 12.4. The van der Waals surface area contributed by atoms with Gasteiger partial charge in [-0.1, -0.05) is 0 Å². The molecular weight excluding hydrogens is 406 g/mol. The molecule has 0 radical (unpaired) electrons. The molecule has 2 aromatic heterocycles. The third kappa shape index (κ3) is 3.18. The van der Waals surface area contributed by atoms with Crippen LogP contribution in [0.25, 0.3) is 10.1 Å². The number of nitrogens with one attached hydrogen (secondary N) is 2. The first-order chi connectivity index (χ1) is 12.1. The Morgan fingerprint density at radius 3 is 3.00 bits per heavy atom. The smallest absolute Gasteiger partial charge is 0.312 e. The van der Waals surface area contributed by atoms with Crippen LogP contribution in [0.5, 0.6) is 0 Å². The first-order valence-corrected chi connectivity index (χ1v) is 9.91. The summed E-state index contributed by atoms with van der Waals surface area (Å²) in [7, 11) is 0. The van der Waals surface area contributed by atoms with Crippen LogP contribution in [0.4, 0.5) is 0 Å². The summed E-state index contributed by atoms with van der Waals surface area (Å²) in [5.74, 6) is -0.250. The number of pyridine rings is 1. The van der Waals surface area contributed by atoms with E-state index in [0.29, 0.717) is 17.8 Å². The van der Waals surface area contributed by atoms with Crippen molar-refractivity contribution in [3.63, 3.8) is 0 Å². The molecule has 0 aliphatic carbocycles. The number of halogens is 1. The molecule has 4 rings (SSSR count). The highest BCUT2D eigenvalue weighted by Gasteiger charge is 2.49. The molecule has 1 amide bonds. The normalized spacial score (nSPS) is 22.3. The quantitative estimate of drug-likeness (QED) is 0.741. The van der Waals surface area contributed by atoms with Crippen molar-refractivity contribution in [1.29, 1.82) is 0 Å². The fourth-order valence-electron chi connectivity index (χ4n) is 3.60. The van der Waals surface area contributed by atoms with E-state index in [2.05, 4.69) is 31.5 Å². The summed E-state index contributed by atoms with van der Waals surface area (Å²) >= 11 is 4.87. The Bertz CT molecular complexity index is 832. The summed E-state index contributed by atoms with van der Waals surface area (Å²) < 4.78 is 7.41. The summed E-state index contributed by atoms with van der Waals surface area (Å²) in [6, 6.07) is 1.84. The Labute approximate surface area is 157 Å². The number of piperidine rings is 1. The summed E-state index contributed by atoms with van der Waals surface area (Å²) in [5, 5.41) is 7.12. The van der Waals surface area contributed by atoms with Crippen molar-refractivity contribution in [2.75, 3.05) is 19.6 Å². The molecule has 2 fully saturated rings. The number of rotatable bonds is 3. The minimum Gasteiger partial charge on any atom is -0.460 e. The molecule has 4 heterocycles. The molecule has 2 N–H and O–H groups in total. The number of esters is 1. The van der Waals surface area contributed by atoms with E-state index in [1.165, 1.54) is 11.3 Å². The summed E-state index contributed by atoms with van der Waals surface area (Å²) in [6.45, 7) is 2.05. The van der Waals surface area contributed by atoms with Gasteiger partial charge in [0.15, 0.2) is 0 Å². The number of cyclic esters (lactones) is 1. The van der Waals surface area contributed by atoms with Crippen LogP contribution in [0.3, 0.4) is 0 Å². The van der Waals surface area contributed by atoms with Crippen molar-refractivity contribution in [3.05, 3.63) is 27.8 Å². The molecule has 25 heavy (non-hydrogen) atoms. The van der Waals surface area contributed by atoms with E-state index in [-0.39, 0.29) is 23.4 Å². The molecule has 0 saturated carbocycles. The summed E-state index contributed by atoms with van der Waals surface area (Å²) in [4.78, 5) is 29.4. The van der Waals surface area contributed by atoms with Gasteiger partial charge in [-0.25, -0.2) is 0 Å². The highest BCUT2D eigenvalue weighted by atomic mass is 79.9. The predicted octanol–water partition coefficient (Wildman–Crippen LogP) is 2.47. The number of fused-ring (bicyclic) bond motifs is 1. The number of hydrogen-bond acceptors (Lipinski definition) is 6. The van der Waals surface area contributed by atoms with Gasteiger partial charge in [0.05, 0.1) is 26.0 Å². The zero-order valence-electron chi connectivity index (χ0n) is 13.5. The predicted molar refractivity (Wildman–Crippen MR) is 98.7 cm³/mol. The standard InChI is InChI=1S/C17H18BrN3O3S/c18-12-9-20-7-10-5-13(25-14(10)12)15(22)21-8-11-6-17(16(23)24-11)1-3-19-4-2-17/h5,7,9,11,19H,1-4,6,8H2,(H,21,22). The van der Waals surface area contributed by atoms with Gasteiger partial charge in [0.25, 0.3) is 5.91 Å². The Morgan fingerprint density at radius 1 is 1.44 bits per heavy atom. The Balaban J connectivity index is 1.40. The van der Waals surface area contributed by atoms with Gasteiger partial charge in [-0.05, 0) is 47.9 Å². The molecule has 0 aromatic carbocycles. The van der Waals surface area contributed by atoms with E-state index in [4.69, 9.17) is 4.74 Å². The molecule has 2 saturated heterocycles. The lowest BCUT2D eigenvalue weighted by atomic mass is 9.76. The molecule has 1 unspecified atom stereocenters. The van der Waals surface area contributed by atoms with Crippen molar-refractivity contribution in [2.45, 2.75) is 25.4 Å². The average molecular weight is 424 g/mol. The first kappa shape index (κ1) is 16.9. The molecule has 2 aliphatic heterocycles. The van der Waals surface area contributed by atoms with Crippen LogP contribution >= 0.6 is 27.3 Å². The minimum atomic E-state index is -0.352. The number of thiophene rings is 1. The first-order valence-electron chi connectivity index (χ1n) is 8.30. The number of hydrogen-bond donors (Lipinski definition) is 2. The van der Waals surface area contributed by atoms with Crippen LogP contribution in [0.1, 0.15) is 28.9 Å². The van der Waals surface area contributed by atoms with Crippen molar-refractivity contribution in [2.24, 2.45) is 5.41 Å². The Kier molecular flexibility index (Phi) is 4.51. The van der Waals surface area contributed by atoms with Gasteiger partial charge in [-0.2, -0.15) is 0 Å². The van der Waals surface area contributed by atoms with Crippen LogP contribution in [0.15, 0.2) is 22.9 Å². The third-order valence-electron chi connectivity index (χ3n) is 4.98. The van der Waals surface area contributed by atoms with Gasteiger partial charge >= 0.3 is 5.97 Å². The number of carbonyl (C=O) groups is 2. The number of ether oxygens (including phenoxy) is 1. The van der Waals surface area contributed by atoms with Crippen molar-refractivity contribution < 1.29 is 14.3 Å². The van der Waals surface area contributed by atoms with E-state index in [0.717, 1.165) is 40.5 Å². The maximum Gasteiger partial charge on any atom is 0.312 e. The monoisotopic (exact) mass is 423 g/mol. The average Bonchev–Trinajstić information content (AvgIpc) is 3.17. The number of amides is 1. The molecular formula is C17H18BrN3O3S. The fraction of sp³-hybridized carbons (Fsp3) is 0.471. The lowest BCUT2D eigenvalue weighted by molar-refractivity contribution is -0.149. The van der Waals surface area contributed by atoms with Crippen molar-refractivity contribution in [3.8, 4) is 0 Å². The molecule has 8 heteroatoms. The minimum absolute atomic E-state index is 0.106. The molecule has 6 nitrogen and oxygen atoms in total. The number of aromatic nitrogens is 1. The molecule has 2 aliphatic rings. The lowest BCUT2D eigenvalue weighted by Crippen LogP contribution is -2.39. The van der Waals surface area contributed by atoms with Gasteiger partial charge < -0.3 is 15.4 Å². The van der Waals surface area contributed by atoms with E-state index in [1.807, 2.05) is 6.07 Å². The second-order valence-electron chi connectivity index (χ2n) is 6.62. The van der Waals surface area contributed by atoms with Crippen LogP contribution in [-0.2, 0) is 9.53 Å². The molecule has 1 atom stereocenters. The summed E-state index contributed by atoms with van der Waals surface area (Å²) in [6.07, 6.45) is 5.54. The molecule has 2 aromatic rings. The number of carbonyl (C=O) groups excluding carboxylic acids is 2. The van der Waals surface area contributed by atoms with Crippen LogP contribution in [-0.4, -0.2) is 42.6 Å². The van der Waals surface area contributed by atoms with Crippen LogP contribution in [0.2, 0.25) is 0 Å². The molecule has 1 spiro atoms.